The van der Waals surface area contributed by atoms with E-state index in [1.807, 2.05) is 0 Å². The van der Waals surface area contributed by atoms with E-state index in [1.165, 1.54) is 18.6 Å². The van der Waals surface area contributed by atoms with Crippen LogP contribution >= 0.6 is 0 Å². The SMILES string of the molecule is Fc1ccc(N2CCC(N[C@@H]3CCNC3)CC2)cc1F. The van der Waals surface area contributed by atoms with Crippen LogP contribution in [0.4, 0.5) is 14.5 Å². The number of nitrogens with zero attached hydrogens (tertiary/aromatic N) is 1. The molecule has 2 fully saturated rings. The van der Waals surface area contributed by atoms with E-state index in [2.05, 4.69) is 15.5 Å². The molecule has 0 radical (unpaired) electrons. The maximum absolute atomic E-state index is 13.3. The maximum atomic E-state index is 13.3. The average Bonchev–Trinajstić information content (AvgIpc) is 2.96. The van der Waals surface area contributed by atoms with Crippen LogP contribution in [0, 0.1) is 11.6 Å². The molecule has 1 aromatic carbocycles. The fourth-order valence-electron chi connectivity index (χ4n) is 3.12. The maximum Gasteiger partial charge on any atom is 0.160 e. The highest BCUT2D eigenvalue weighted by Gasteiger charge is 2.23. The van der Waals surface area contributed by atoms with Crippen LogP contribution in [0.3, 0.4) is 0 Å². The standard InChI is InChI=1S/C15H21F2N3/c16-14-2-1-13(9-15(14)17)20-7-4-11(5-8-20)19-12-3-6-18-10-12/h1-2,9,11-12,18-19H,3-8,10H2/t12-/m1/s1. The fourth-order valence-corrected chi connectivity index (χ4v) is 3.12. The highest BCUT2D eigenvalue weighted by molar-refractivity contribution is 5.47. The summed E-state index contributed by atoms with van der Waals surface area (Å²) in [4.78, 5) is 2.13. The van der Waals surface area contributed by atoms with Crippen molar-refractivity contribution < 1.29 is 8.78 Å². The summed E-state index contributed by atoms with van der Waals surface area (Å²) in [6.07, 6.45) is 3.30. The van der Waals surface area contributed by atoms with Crippen LogP contribution in [0.25, 0.3) is 0 Å². The largest absolute Gasteiger partial charge is 0.371 e. The van der Waals surface area contributed by atoms with Gasteiger partial charge in [0.25, 0.3) is 0 Å². The molecular formula is C15H21F2N3. The molecule has 2 aliphatic rings. The van der Waals surface area contributed by atoms with Gasteiger partial charge in [0.05, 0.1) is 0 Å². The van der Waals surface area contributed by atoms with Crippen molar-refractivity contribution in [3.8, 4) is 0 Å². The first-order valence-electron chi connectivity index (χ1n) is 7.39. The third kappa shape index (κ3) is 3.10. The van der Waals surface area contributed by atoms with Crippen LogP contribution in [0.1, 0.15) is 19.3 Å². The number of hydrogen-bond donors (Lipinski definition) is 2. The molecular weight excluding hydrogens is 260 g/mol. The molecule has 20 heavy (non-hydrogen) atoms. The van der Waals surface area contributed by atoms with Gasteiger partial charge in [-0.1, -0.05) is 0 Å². The summed E-state index contributed by atoms with van der Waals surface area (Å²) in [7, 11) is 0. The van der Waals surface area contributed by atoms with Crippen molar-refractivity contribution in [1.29, 1.82) is 0 Å². The summed E-state index contributed by atoms with van der Waals surface area (Å²) < 4.78 is 26.2. The van der Waals surface area contributed by atoms with Gasteiger partial charge in [0.1, 0.15) is 0 Å². The van der Waals surface area contributed by atoms with Gasteiger partial charge in [0.15, 0.2) is 11.6 Å². The summed E-state index contributed by atoms with van der Waals surface area (Å²) in [6, 6.07) is 5.30. The van der Waals surface area contributed by atoms with E-state index in [1.54, 1.807) is 6.07 Å². The highest BCUT2D eigenvalue weighted by atomic mass is 19.2. The minimum absolute atomic E-state index is 0.543. The zero-order chi connectivity index (χ0) is 13.9. The molecule has 2 saturated heterocycles. The Balaban J connectivity index is 1.53. The summed E-state index contributed by atoms with van der Waals surface area (Å²) in [6.45, 7) is 3.94. The van der Waals surface area contributed by atoms with Gasteiger partial charge in [-0.25, -0.2) is 8.78 Å². The normalized spacial score (nSPS) is 24.3. The number of anilines is 1. The Bertz CT molecular complexity index is 452. The fraction of sp³-hybridized carbons (Fsp3) is 0.600. The first-order valence-corrected chi connectivity index (χ1v) is 7.39. The molecule has 3 rings (SSSR count). The number of piperidine rings is 1. The topological polar surface area (TPSA) is 27.3 Å². The Morgan fingerprint density at radius 2 is 1.85 bits per heavy atom. The molecule has 0 amide bonds. The monoisotopic (exact) mass is 281 g/mol. The van der Waals surface area contributed by atoms with Crippen LogP contribution in [-0.4, -0.2) is 38.3 Å². The molecule has 0 saturated carbocycles. The number of hydrogen-bond acceptors (Lipinski definition) is 3. The zero-order valence-corrected chi connectivity index (χ0v) is 11.5. The molecule has 5 heteroatoms. The van der Waals surface area contributed by atoms with Gasteiger partial charge in [0.2, 0.25) is 0 Å². The first kappa shape index (κ1) is 13.8. The van der Waals surface area contributed by atoms with Gasteiger partial charge in [-0.15, -0.1) is 0 Å². The van der Waals surface area contributed by atoms with Crippen molar-refractivity contribution in [2.24, 2.45) is 0 Å². The quantitative estimate of drug-likeness (QED) is 0.886. The van der Waals surface area contributed by atoms with Gasteiger partial charge in [-0.2, -0.15) is 0 Å². The highest BCUT2D eigenvalue weighted by Crippen LogP contribution is 2.22. The molecule has 0 spiro atoms. The lowest BCUT2D eigenvalue weighted by atomic mass is 10.0. The lowest BCUT2D eigenvalue weighted by Crippen LogP contribution is -2.46. The minimum atomic E-state index is -0.779. The molecule has 0 aromatic heterocycles. The van der Waals surface area contributed by atoms with Crippen LogP contribution in [0.2, 0.25) is 0 Å². The Morgan fingerprint density at radius 1 is 1.05 bits per heavy atom. The van der Waals surface area contributed by atoms with Gasteiger partial charge in [0, 0.05) is 43.5 Å². The van der Waals surface area contributed by atoms with Gasteiger partial charge < -0.3 is 15.5 Å². The Hall–Kier alpha value is -1.20. The van der Waals surface area contributed by atoms with Crippen LogP contribution in [0.15, 0.2) is 18.2 Å². The van der Waals surface area contributed by atoms with E-state index in [0.29, 0.717) is 12.1 Å². The van der Waals surface area contributed by atoms with Crippen LogP contribution < -0.4 is 15.5 Å². The Labute approximate surface area is 118 Å². The van der Waals surface area contributed by atoms with E-state index in [-0.39, 0.29) is 0 Å². The predicted octanol–water partition coefficient (Wildman–Crippen LogP) is 1.89. The van der Waals surface area contributed by atoms with Crippen LogP contribution in [-0.2, 0) is 0 Å². The van der Waals surface area contributed by atoms with Crippen molar-refractivity contribution in [1.82, 2.24) is 10.6 Å². The predicted molar refractivity (Wildman–Crippen MR) is 76.0 cm³/mol. The van der Waals surface area contributed by atoms with Gasteiger partial charge >= 0.3 is 0 Å². The average molecular weight is 281 g/mol. The molecule has 0 unspecified atom stereocenters. The third-order valence-electron chi connectivity index (χ3n) is 4.30. The number of benzene rings is 1. The zero-order valence-electron chi connectivity index (χ0n) is 11.5. The van der Waals surface area contributed by atoms with E-state index >= 15 is 0 Å². The number of rotatable bonds is 3. The molecule has 0 aliphatic carbocycles. The van der Waals surface area contributed by atoms with Crippen molar-refractivity contribution in [3.05, 3.63) is 29.8 Å². The smallest absolute Gasteiger partial charge is 0.160 e. The van der Waals surface area contributed by atoms with Crippen molar-refractivity contribution >= 4 is 5.69 Å². The van der Waals surface area contributed by atoms with Crippen molar-refractivity contribution in [3.63, 3.8) is 0 Å². The summed E-state index contributed by atoms with van der Waals surface area (Å²) in [5.74, 6) is -1.54. The second kappa shape index (κ2) is 6.06. The van der Waals surface area contributed by atoms with E-state index in [0.717, 1.165) is 44.7 Å². The van der Waals surface area contributed by atoms with Crippen molar-refractivity contribution in [2.75, 3.05) is 31.1 Å². The second-order valence-corrected chi connectivity index (χ2v) is 5.72. The first-order chi connectivity index (χ1) is 9.72. The Kier molecular flexibility index (Phi) is 4.17. The summed E-state index contributed by atoms with van der Waals surface area (Å²) in [5.41, 5.74) is 0.782. The molecule has 2 aliphatic heterocycles. The van der Waals surface area contributed by atoms with E-state index in [4.69, 9.17) is 0 Å². The molecule has 1 aromatic rings. The molecule has 0 bridgehead atoms. The number of halogens is 2. The molecule has 3 nitrogen and oxygen atoms in total. The van der Waals surface area contributed by atoms with Gasteiger partial charge in [-0.05, 0) is 37.9 Å². The number of nitrogens with one attached hydrogen (secondary N) is 2. The second-order valence-electron chi connectivity index (χ2n) is 5.72. The van der Waals surface area contributed by atoms with E-state index in [9.17, 15) is 8.78 Å². The third-order valence-corrected chi connectivity index (χ3v) is 4.30. The minimum Gasteiger partial charge on any atom is -0.371 e. The molecule has 110 valence electrons. The summed E-state index contributed by atoms with van der Waals surface area (Å²) >= 11 is 0. The molecule has 2 heterocycles. The lowest BCUT2D eigenvalue weighted by molar-refractivity contribution is 0.375. The van der Waals surface area contributed by atoms with Crippen LogP contribution in [0.5, 0.6) is 0 Å². The van der Waals surface area contributed by atoms with Crippen molar-refractivity contribution in [2.45, 2.75) is 31.3 Å². The Morgan fingerprint density at radius 3 is 2.50 bits per heavy atom. The molecule has 1 atom stereocenters. The lowest BCUT2D eigenvalue weighted by Gasteiger charge is -2.35. The van der Waals surface area contributed by atoms with E-state index < -0.39 is 11.6 Å². The molecule has 2 N–H and O–H groups in total. The van der Waals surface area contributed by atoms with Gasteiger partial charge in [-0.3, -0.25) is 0 Å². The summed E-state index contributed by atoms with van der Waals surface area (Å²) in [5, 5.41) is 7.05.